The summed E-state index contributed by atoms with van der Waals surface area (Å²) >= 11 is 0. The lowest BCUT2D eigenvalue weighted by molar-refractivity contribution is -0.123. The molecule has 1 amide bonds. The topological polar surface area (TPSA) is 50.7 Å². The molecule has 0 atom stereocenters. The third kappa shape index (κ3) is 5.19. The molecule has 2 aromatic carbocycles. The maximum Gasteiger partial charge on any atom is 0.277 e. The normalized spacial score (nSPS) is 11.6. The van der Waals surface area contributed by atoms with Crippen LogP contribution in [0.3, 0.4) is 0 Å². The summed E-state index contributed by atoms with van der Waals surface area (Å²) < 4.78 is 5.73. The lowest BCUT2D eigenvalue weighted by Gasteiger charge is -2.14. The van der Waals surface area contributed by atoms with Gasteiger partial charge in [0.25, 0.3) is 5.91 Å². The summed E-state index contributed by atoms with van der Waals surface area (Å²) in [6.45, 7) is 12.2. The van der Waals surface area contributed by atoms with Crippen molar-refractivity contribution in [3.05, 3.63) is 64.2 Å². The number of hydrogen-bond acceptors (Lipinski definition) is 3. The summed E-state index contributed by atoms with van der Waals surface area (Å²) in [7, 11) is 0. The van der Waals surface area contributed by atoms with Gasteiger partial charge in [0.1, 0.15) is 5.75 Å². The molecule has 0 aliphatic rings. The van der Waals surface area contributed by atoms with Crippen molar-refractivity contribution >= 4 is 11.6 Å². The summed E-state index contributed by atoms with van der Waals surface area (Å²) in [6.07, 6.45) is 0. The van der Waals surface area contributed by atoms with Crippen molar-refractivity contribution in [2.45, 2.75) is 47.5 Å². The highest BCUT2D eigenvalue weighted by Crippen LogP contribution is 2.27. The molecule has 1 N–H and O–H groups in total. The molecule has 0 aliphatic heterocycles. The number of carbonyl (C=O) groups is 1. The molecule has 0 unspecified atom stereocenters. The molecular formula is C22H28N2O2. The van der Waals surface area contributed by atoms with Crippen LogP contribution in [0.1, 0.15) is 54.5 Å². The maximum atomic E-state index is 12.1. The number of carbonyl (C=O) groups excluding carboxylic acids is 1. The molecule has 2 rings (SSSR count). The van der Waals surface area contributed by atoms with Crippen LogP contribution in [0.2, 0.25) is 0 Å². The average molecular weight is 352 g/mol. The quantitative estimate of drug-likeness (QED) is 0.607. The standard InChI is InChI=1S/C22H28N2O2/c1-14(2)20-10-7-15(3)11-21(20)26-13-22(25)24-23-18(6)19-9-8-16(4)17(5)12-19/h7-12,14H,13H2,1-6H3,(H,24,25). The Labute approximate surface area is 156 Å². The largest absolute Gasteiger partial charge is 0.483 e. The highest BCUT2D eigenvalue weighted by Gasteiger charge is 2.10. The number of nitrogens with zero attached hydrogens (tertiary/aromatic N) is 1. The average Bonchev–Trinajstić information content (AvgIpc) is 2.59. The van der Waals surface area contributed by atoms with E-state index in [1.165, 1.54) is 11.1 Å². The van der Waals surface area contributed by atoms with Crippen LogP contribution in [0.15, 0.2) is 41.5 Å². The summed E-state index contributed by atoms with van der Waals surface area (Å²) in [5.41, 5.74) is 8.97. The van der Waals surface area contributed by atoms with Crippen LogP contribution in [0.4, 0.5) is 0 Å². The Hall–Kier alpha value is -2.62. The van der Waals surface area contributed by atoms with E-state index >= 15 is 0 Å². The van der Waals surface area contributed by atoms with E-state index in [1.807, 2.05) is 26.0 Å². The van der Waals surface area contributed by atoms with E-state index in [2.05, 4.69) is 62.5 Å². The zero-order chi connectivity index (χ0) is 19.3. The molecule has 4 heteroatoms. The molecule has 0 saturated heterocycles. The van der Waals surface area contributed by atoms with Crippen LogP contribution in [-0.4, -0.2) is 18.2 Å². The van der Waals surface area contributed by atoms with E-state index in [1.54, 1.807) is 0 Å². The Bertz CT molecular complexity index is 823. The van der Waals surface area contributed by atoms with Gasteiger partial charge in [-0.25, -0.2) is 5.43 Å². The molecule has 0 bridgehead atoms. The molecule has 0 saturated carbocycles. The van der Waals surface area contributed by atoms with Crippen LogP contribution in [-0.2, 0) is 4.79 Å². The van der Waals surface area contributed by atoms with Gasteiger partial charge in [0.2, 0.25) is 0 Å². The van der Waals surface area contributed by atoms with Gasteiger partial charge in [-0.2, -0.15) is 5.10 Å². The van der Waals surface area contributed by atoms with E-state index in [4.69, 9.17) is 4.74 Å². The van der Waals surface area contributed by atoms with Gasteiger partial charge in [-0.05, 0) is 73.6 Å². The van der Waals surface area contributed by atoms with E-state index < -0.39 is 0 Å². The maximum absolute atomic E-state index is 12.1. The first kappa shape index (κ1) is 19.7. The van der Waals surface area contributed by atoms with E-state index in [9.17, 15) is 4.79 Å². The number of hydrogen-bond donors (Lipinski definition) is 1. The lowest BCUT2D eigenvalue weighted by atomic mass is 10.0. The molecule has 0 spiro atoms. The molecule has 138 valence electrons. The van der Waals surface area contributed by atoms with Gasteiger partial charge in [-0.3, -0.25) is 4.79 Å². The second-order valence-corrected chi connectivity index (χ2v) is 7.02. The highest BCUT2D eigenvalue weighted by molar-refractivity contribution is 5.99. The highest BCUT2D eigenvalue weighted by atomic mass is 16.5. The van der Waals surface area contributed by atoms with Crippen molar-refractivity contribution in [2.75, 3.05) is 6.61 Å². The molecule has 0 fully saturated rings. The second-order valence-electron chi connectivity index (χ2n) is 7.02. The van der Waals surface area contributed by atoms with Crippen LogP contribution >= 0.6 is 0 Å². The first-order chi connectivity index (χ1) is 12.3. The molecule has 0 aliphatic carbocycles. The Morgan fingerprint density at radius 1 is 1.08 bits per heavy atom. The summed E-state index contributed by atoms with van der Waals surface area (Å²) in [4.78, 5) is 12.1. The molecule has 0 radical (unpaired) electrons. The number of hydrazone groups is 1. The van der Waals surface area contributed by atoms with Gasteiger partial charge < -0.3 is 4.74 Å². The monoisotopic (exact) mass is 352 g/mol. The minimum Gasteiger partial charge on any atom is -0.483 e. The SMILES string of the molecule is CC(=NNC(=O)COc1cc(C)ccc1C(C)C)c1ccc(C)c(C)c1. The van der Waals surface area contributed by atoms with Gasteiger partial charge in [-0.15, -0.1) is 0 Å². The van der Waals surface area contributed by atoms with Crippen molar-refractivity contribution in [1.29, 1.82) is 0 Å². The van der Waals surface area contributed by atoms with Crippen molar-refractivity contribution in [3.63, 3.8) is 0 Å². The van der Waals surface area contributed by atoms with Crippen LogP contribution < -0.4 is 10.2 Å². The number of nitrogens with one attached hydrogen (secondary N) is 1. The van der Waals surface area contributed by atoms with Crippen LogP contribution in [0.25, 0.3) is 0 Å². The van der Waals surface area contributed by atoms with Gasteiger partial charge in [0.05, 0.1) is 5.71 Å². The Morgan fingerprint density at radius 3 is 2.46 bits per heavy atom. The number of aryl methyl sites for hydroxylation is 3. The Balaban J connectivity index is 1.99. The number of benzene rings is 2. The third-order valence-electron chi connectivity index (χ3n) is 4.42. The lowest BCUT2D eigenvalue weighted by Crippen LogP contribution is -2.26. The van der Waals surface area contributed by atoms with Crippen molar-refractivity contribution in [2.24, 2.45) is 5.10 Å². The fourth-order valence-corrected chi connectivity index (χ4v) is 2.60. The van der Waals surface area contributed by atoms with Crippen molar-refractivity contribution in [3.8, 4) is 5.75 Å². The fraction of sp³-hybridized carbons (Fsp3) is 0.364. The van der Waals surface area contributed by atoms with E-state index in [0.717, 1.165) is 28.2 Å². The third-order valence-corrected chi connectivity index (χ3v) is 4.42. The fourth-order valence-electron chi connectivity index (χ4n) is 2.60. The van der Waals surface area contributed by atoms with Gasteiger partial charge in [0.15, 0.2) is 6.61 Å². The van der Waals surface area contributed by atoms with E-state index in [-0.39, 0.29) is 12.5 Å². The molecule has 4 nitrogen and oxygen atoms in total. The zero-order valence-electron chi connectivity index (χ0n) is 16.5. The van der Waals surface area contributed by atoms with Crippen LogP contribution in [0, 0.1) is 20.8 Å². The second kappa shape index (κ2) is 8.65. The number of amides is 1. The molecule has 2 aromatic rings. The molecule has 0 aromatic heterocycles. The van der Waals surface area contributed by atoms with Crippen molar-refractivity contribution < 1.29 is 9.53 Å². The van der Waals surface area contributed by atoms with Gasteiger partial charge >= 0.3 is 0 Å². The zero-order valence-corrected chi connectivity index (χ0v) is 16.5. The van der Waals surface area contributed by atoms with Crippen molar-refractivity contribution in [1.82, 2.24) is 5.43 Å². The minimum absolute atomic E-state index is 0.0626. The predicted molar refractivity (Wildman–Crippen MR) is 107 cm³/mol. The minimum atomic E-state index is -0.274. The first-order valence-corrected chi connectivity index (χ1v) is 8.92. The van der Waals surface area contributed by atoms with Gasteiger partial charge in [0, 0.05) is 0 Å². The number of rotatable bonds is 6. The van der Waals surface area contributed by atoms with Crippen LogP contribution in [0.5, 0.6) is 5.75 Å². The Kier molecular flexibility index (Phi) is 6.56. The summed E-state index contributed by atoms with van der Waals surface area (Å²) in [5.74, 6) is 0.813. The molecule has 0 heterocycles. The number of ether oxygens (including phenoxy) is 1. The summed E-state index contributed by atoms with van der Waals surface area (Å²) in [5, 5.41) is 4.19. The molecule has 26 heavy (non-hydrogen) atoms. The Morgan fingerprint density at radius 2 is 1.81 bits per heavy atom. The van der Waals surface area contributed by atoms with E-state index in [0.29, 0.717) is 5.92 Å². The summed E-state index contributed by atoms with van der Waals surface area (Å²) in [6, 6.07) is 12.2. The molecular weight excluding hydrogens is 324 g/mol. The van der Waals surface area contributed by atoms with Gasteiger partial charge in [-0.1, -0.05) is 38.1 Å². The smallest absolute Gasteiger partial charge is 0.277 e. The first-order valence-electron chi connectivity index (χ1n) is 8.92. The predicted octanol–water partition coefficient (Wildman–Crippen LogP) is 4.65.